The van der Waals surface area contributed by atoms with Crippen LogP contribution in [0.25, 0.3) is 0 Å². The van der Waals surface area contributed by atoms with Crippen LogP contribution >= 0.6 is 11.8 Å². The monoisotopic (exact) mass is 423 g/mol. The number of benzene rings is 2. The Bertz CT molecular complexity index is 1060. The van der Waals surface area contributed by atoms with Gasteiger partial charge in [0.1, 0.15) is 0 Å². The van der Waals surface area contributed by atoms with Gasteiger partial charge in [0.15, 0.2) is 5.16 Å². The van der Waals surface area contributed by atoms with Crippen LogP contribution in [0.1, 0.15) is 20.7 Å². The molecule has 0 fully saturated rings. The minimum atomic E-state index is -0.313. The van der Waals surface area contributed by atoms with Crippen LogP contribution in [-0.4, -0.2) is 40.1 Å². The van der Waals surface area contributed by atoms with Crippen LogP contribution in [0.3, 0.4) is 0 Å². The average Bonchev–Trinajstić information content (AvgIpc) is 3.17. The maximum absolute atomic E-state index is 12.5. The zero-order chi connectivity index (χ0) is 21.5. The van der Waals surface area contributed by atoms with E-state index in [0.29, 0.717) is 22.5 Å². The van der Waals surface area contributed by atoms with Crippen LogP contribution in [0.15, 0.2) is 66.1 Å². The molecule has 9 heteroatoms. The molecule has 0 atom stereocenters. The number of hydrogen-bond donors (Lipinski definition) is 3. The van der Waals surface area contributed by atoms with Gasteiger partial charge in [0.2, 0.25) is 5.91 Å². The lowest BCUT2D eigenvalue weighted by atomic mass is 10.1. The molecule has 3 N–H and O–H groups in total. The zero-order valence-electron chi connectivity index (χ0n) is 16.5. The van der Waals surface area contributed by atoms with Gasteiger partial charge in [0, 0.05) is 49.0 Å². The fraction of sp³-hybridized carbons (Fsp3) is 0.143. The van der Waals surface area contributed by atoms with Crippen LogP contribution in [0.5, 0.6) is 0 Å². The van der Waals surface area contributed by atoms with E-state index in [9.17, 15) is 14.4 Å². The molecule has 0 saturated carbocycles. The van der Waals surface area contributed by atoms with Gasteiger partial charge >= 0.3 is 0 Å². The molecule has 8 nitrogen and oxygen atoms in total. The van der Waals surface area contributed by atoms with Gasteiger partial charge in [-0.3, -0.25) is 14.4 Å². The maximum Gasteiger partial charge on any atom is 0.255 e. The largest absolute Gasteiger partial charge is 0.355 e. The van der Waals surface area contributed by atoms with Crippen molar-refractivity contribution in [2.24, 2.45) is 7.05 Å². The summed E-state index contributed by atoms with van der Waals surface area (Å²) in [5.41, 5.74) is 2.00. The van der Waals surface area contributed by atoms with Crippen molar-refractivity contribution in [3.05, 3.63) is 72.1 Å². The van der Waals surface area contributed by atoms with Crippen LogP contribution in [-0.2, 0) is 11.8 Å². The summed E-state index contributed by atoms with van der Waals surface area (Å²) >= 11 is 1.34. The lowest BCUT2D eigenvalue weighted by molar-refractivity contribution is -0.113. The van der Waals surface area contributed by atoms with Crippen LogP contribution in [0.4, 0.5) is 11.4 Å². The highest BCUT2D eigenvalue weighted by Gasteiger charge is 2.10. The number of aryl methyl sites for hydroxylation is 1. The summed E-state index contributed by atoms with van der Waals surface area (Å²) in [6, 6.07) is 13.2. The molecule has 0 unspecified atom stereocenters. The van der Waals surface area contributed by atoms with E-state index in [1.807, 2.05) is 17.8 Å². The second kappa shape index (κ2) is 9.75. The van der Waals surface area contributed by atoms with Gasteiger partial charge in [-0.15, -0.1) is 0 Å². The van der Waals surface area contributed by atoms with Gasteiger partial charge < -0.3 is 20.5 Å². The fourth-order valence-corrected chi connectivity index (χ4v) is 3.34. The lowest BCUT2D eigenvalue weighted by Crippen LogP contribution is -2.18. The number of amides is 3. The number of thioether (sulfide) groups is 1. The number of rotatable bonds is 7. The Morgan fingerprint density at radius 3 is 2.40 bits per heavy atom. The van der Waals surface area contributed by atoms with Crippen molar-refractivity contribution in [1.29, 1.82) is 0 Å². The maximum atomic E-state index is 12.5. The second-order valence-electron chi connectivity index (χ2n) is 6.35. The predicted octanol–water partition coefficient (Wildman–Crippen LogP) is 2.76. The Morgan fingerprint density at radius 2 is 1.73 bits per heavy atom. The van der Waals surface area contributed by atoms with E-state index in [1.54, 1.807) is 61.8 Å². The molecule has 0 bridgehead atoms. The van der Waals surface area contributed by atoms with Crippen molar-refractivity contribution in [3.8, 4) is 0 Å². The predicted molar refractivity (Wildman–Crippen MR) is 117 cm³/mol. The van der Waals surface area contributed by atoms with Crippen molar-refractivity contribution in [3.63, 3.8) is 0 Å². The number of carbonyl (C=O) groups is 3. The number of aromatic nitrogens is 2. The molecule has 1 aromatic heterocycles. The van der Waals surface area contributed by atoms with E-state index in [2.05, 4.69) is 20.9 Å². The first kappa shape index (κ1) is 21.1. The van der Waals surface area contributed by atoms with E-state index in [0.717, 1.165) is 5.16 Å². The van der Waals surface area contributed by atoms with Gasteiger partial charge in [-0.25, -0.2) is 4.98 Å². The summed E-state index contributed by atoms with van der Waals surface area (Å²) < 4.78 is 1.84. The van der Waals surface area contributed by atoms with E-state index < -0.39 is 0 Å². The van der Waals surface area contributed by atoms with Gasteiger partial charge in [-0.05, 0) is 42.5 Å². The SMILES string of the molecule is CNC(=O)c1cccc(NC(=O)c2ccc(NC(=O)CSc3nccn3C)cc2)c1. The van der Waals surface area contributed by atoms with Crippen molar-refractivity contribution >= 4 is 40.9 Å². The lowest BCUT2D eigenvalue weighted by Gasteiger charge is -2.09. The molecule has 0 aliphatic heterocycles. The van der Waals surface area contributed by atoms with Gasteiger partial charge in [0.05, 0.1) is 5.75 Å². The third-order valence-corrected chi connectivity index (χ3v) is 5.21. The van der Waals surface area contributed by atoms with E-state index >= 15 is 0 Å². The number of anilines is 2. The molecular formula is C21H21N5O3S. The molecule has 0 radical (unpaired) electrons. The summed E-state index contributed by atoms with van der Waals surface area (Å²) in [4.78, 5) is 40.4. The average molecular weight is 423 g/mol. The first-order valence-electron chi connectivity index (χ1n) is 9.10. The molecule has 2 aromatic carbocycles. The number of imidazole rings is 1. The molecule has 0 spiro atoms. The quantitative estimate of drug-likeness (QED) is 0.507. The summed E-state index contributed by atoms with van der Waals surface area (Å²) in [6.45, 7) is 0. The molecular weight excluding hydrogens is 402 g/mol. The molecule has 1 heterocycles. The molecule has 0 saturated heterocycles. The van der Waals surface area contributed by atoms with Crippen molar-refractivity contribution < 1.29 is 14.4 Å². The Labute approximate surface area is 178 Å². The van der Waals surface area contributed by atoms with Crippen LogP contribution < -0.4 is 16.0 Å². The van der Waals surface area contributed by atoms with Gasteiger partial charge in [-0.1, -0.05) is 17.8 Å². The van der Waals surface area contributed by atoms with Gasteiger partial charge in [0.25, 0.3) is 11.8 Å². The number of nitrogens with one attached hydrogen (secondary N) is 3. The summed E-state index contributed by atoms with van der Waals surface area (Å²) in [5, 5.41) is 8.86. The Balaban J connectivity index is 1.56. The Morgan fingerprint density at radius 1 is 0.967 bits per heavy atom. The van der Waals surface area contributed by atoms with Crippen molar-refractivity contribution in [1.82, 2.24) is 14.9 Å². The summed E-state index contributed by atoms with van der Waals surface area (Å²) in [7, 11) is 3.41. The minimum Gasteiger partial charge on any atom is -0.355 e. The third kappa shape index (κ3) is 5.48. The second-order valence-corrected chi connectivity index (χ2v) is 7.29. The normalized spacial score (nSPS) is 10.3. The Kier molecular flexibility index (Phi) is 6.87. The van der Waals surface area contributed by atoms with E-state index in [4.69, 9.17) is 0 Å². The molecule has 30 heavy (non-hydrogen) atoms. The summed E-state index contributed by atoms with van der Waals surface area (Å²) in [6.07, 6.45) is 3.50. The first-order chi connectivity index (χ1) is 14.5. The topological polar surface area (TPSA) is 105 Å². The van der Waals surface area contributed by atoms with Crippen LogP contribution in [0.2, 0.25) is 0 Å². The number of nitrogens with zero attached hydrogens (tertiary/aromatic N) is 2. The third-order valence-electron chi connectivity index (χ3n) is 4.15. The highest BCUT2D eigenvalue weighted by molar-refractivity contribution is 7.99. The molecule has 0 aliphatic rings. The molecule has 3 rings (SSSR count). The summed E-state index contributed by atoms with van der Waals surface area (Å²) in [5.74, 6) is -0.472. The number of carbonyl (C=O) groups excluding carboxylic acids is 3. The van der Waals surface area contributed by atoms with Crippen molar-refractivity contribution in [2.45, 2.75) is 5.16 Å². The van der Waals surface area contributed by atoms with E-state index in [1.165, 1.54) is 11.8 Å². The first-order valence-corrected chi connectivity index (χ1v) is 10.1. The molecule has 0 aliphatic carbocycles. The minimum absolute atomic E-state index is 0.161. The smallest absolute Gasteiger partial charge is 0.255 e. The highest BCUT2D eigenvalue weighted by atomic mass is 32.2. The molecule has 3 aromatic rings. The van der Waals surface area contributed by atoms with Crippen LogP contribution in [0, 0.1) is 0 Å². The molecule has 154 valence electrons. The van der Waals surface area contributed by atoms with Crippen molar-refractivity contribution in [2.75, 3.05) is 23.4 Å². The fourth-order valence-electron chi connectivity index (χ4n) is 2.61. The zero-order valence-corrected chi connectivity index (χ0v) is 17.3. The number of hydrogen-bond acceptors (Lipinski definition) is 5. The van der Waals surface area contributed by atoms with E-state index in [-0.39, 0.29) is 23.5 Å². The molecule has 3 amide bonds. The standard InChI is InChI=1S/C21H21N5O3S/c1-22-19(28)15-4-3-5-17(12-15)25-20(29)14-6-8-16(9-7-14)24-18(27)13-30-21-23-10-11-26(21)2/h3-12H,13H2,1-2H3,(H,22,28)(H,24,27)(H,25,29). The Hall–Kier alpha value is -3.59. The van der Waals surface area contributed by atoms with Gasteiger partial charge in [-0.2, -0.15) is 0 Å². The highest BCUT2D eigenvalue weighted by Crippen LogP contribution is 2.17.